The van der Waals surface area contributed by atoms with E-state index in [9.17, 15) is 4.79 Å². The summed E-state index contributed by atoms with van der Waals surface area (Å²) in [4.78, 5) is 18.5. The summed E-state index contributed by atoms with van der Waals surface area (Å²) in [5.74, 6) is 0. The van der Waals surface area contributed by atoms with Gasteiger partial charge in [0.2, 0.25) is 0 Å². The molecule has 0 aliphatic rings. The van der Waals surface area contributed by atoms with Gasteiger partial charge in [0.1, 0.15) is 0 Å². The van der Waals surface area contributed by atoms with Crippen molar-refractivity contribution in [1.29, 1.82) is 0 Å². The summed E-state index contributed by atoms with van der Waals surface area (Å²) in [5.41, 5.74) is 4.66. The number of urea groups is 1. The minimum Gasteiger partial charge on any atom is -0.337 e. The molecule has 0 saturated heterocycles. The largest absolute Gasteiger partial charge is 0.337 e. The fourth-order valence-corrected chi connectivity index (χ4v) is 3.69. The van der Waals surface area contributed by atoms with Crippen LogP contribution in [0.25, 0.3) is 21.3 Å². The number of benzene rings is 2. The van der Waals surface area contributed by atoms with E-state index in [1.807, 2.05) is 25.1 Å². The maximum Gasteiger partial charge on any atom is 0.321 e. The lowest BCUT2D eigenvalue weighted by atomic mass is 9.98. The van der Waals surface area contributed by atoms with Crippen LogP contribution in [0.15, 0.2) is 42.5 Å². The number of aryl methyl sites for hydroxylation is 1. The van der Waals surface area contributed by atoms with E-state index >= 15 is 0 Å². The molecule has 0 saturated carbocycles. The van der Waals surface area contributed by atoms with Crippen molar-refractivity contribution in [2.45, 2.75) is 13.3 Å². The van der Waals surface area contributed by atoms with E-state index in [-0.39, 0.29) is 6.03 Å². The fourth-order valence-electron chi connectivity index (χ4n) is 2.79. The lowest BCUT2D eigenvalue weighted by molar-refractivity contribution is 0.250. The van der Waals surface area contributed by atoms with Crippen LogP contribution in [0.5, 0.6) is 0 Å². The van der Waals surface area contributed by atoms with Crippen molar-refractivity contribution in [1.82, 2.24) is 15.2 Å². The van der Waals surface area contributed by atoms with Gasteiger partial charge < -0.3 is 10.2 Å². The molecule has 0 aliphatic carbocycles. The lowest BCUT2D eigenvalue weighted by Gasteiger charge is -2.10. The monoisotopic (exact) mass is 368 g/mol. The van der Waals surface area contributed by atoms with Crippen LogP contribution in [-0.2, 0) is 6.42 Å². The Balaban J connectivity index is 1.76. The number of hydrogen-bond acceptors (Lipinski definition) is 4. The Morgan fingerprint density at radius 2 is 2.00 bits per heavy atom. The maximum atomic E-state index is 12.0. The number of likely N-dealkylation sites (N-methyl/N-ethyl adjacent to an activating group) is 1. The zero-order valence-electron chi connectivity index (χ0n) is 15.4. The van der Waals surface area contributed by atoms with Crippen molar-refractivity contribution >= 4 is 32.7 Å². The zero-order chi connectivity index (χ0) is 18.5. The number of anilines is 1. The van der Waals surface area contributed by atoms with Gasteiger partial charge in [-0.05, 0) is 49.3 Å². The molecule has 1 heterocycles. The van der Waals surface area contributed by atoms with Crippen molar-refractivity contribution < 1.29 is 4.79 Å². The Kier molecular flexibility index (Phi) is 5.85. The highest BCUT2D eigenvalue weighted by atomic mass is 32.1. The van der Waals surface area contributed by atoms with E-state index in [2.05, 4.69) is 58.9 Å². The van der Waals surface area contributed by atoms with Crippen molar-refractivity contribution in [2.24, 2.45) is 0 Å². The number of carbonyl (C=O) groups is 1. The quantitative estimate of drug-likeness (QED) is 0.685. The number of hydrogen-bond donors (Lipinski definition) is 2. The van der Waals surface area contributed by atoms with Gasteiger partial charge in [0.05, 0.1) is 10.2 Å². The first-order valence-electron chi connectivity index (χ1n) is 8.75. The third-order valence-electron chi connectivity index (χ3n) is 4.16. The van der Waals surface area contributed by atoms with Gasteiger partial charge in [0.15, 0.2) is 5.13 Å². The van der Waals surface area contributed by atoms with Gasteiger partial charge >= 0.3 is 6.03 Å². The normalized spacial score (nSPS) is 11.1. The van der Waals surface area contributed by atoms with Crippen molar-refractivity contribution in [3.8, 4) is 11.1 Å². The Labute approximate surface area is 158 Å². The average molecular weight is 369 g/mol. The summed E-state index contributed by atoms with van der Waals surface area (Å²) in [6.45, 7) is 3.57. The third kappa shape index (κ3) is 4.39. The van der Waals surface area contributed by atoms with Gasteiger partial charge in [-0.2, -0.15) is 0 Å². The summed E-state index contributed by atoms with van der Waals surface area (Å²) in [5, 5.41) is 6.27. The van der Waals surface area contributed by atoms with Gasteiger partial charge in [0, 0.05) is 13.1 Å². The topological polar surface area (TPSA) is 57.3 Å². The summed E-state index contributed by atoms with van der Waals surface area (Å²) in [7, 11) is 3.95. The summed E-state index contributed by atoms with van der Waals surface area (Å²) >= 11 is 1.49. The second-order valence-electron chi connectivity index (χ2n) is 6.40. The van der Waals surface area contributed by atoms with Gasteiger partial charge in [-0.25, -0.2) is 9.78 Å². The van der Waals surface area contributed by atoms with Crippen LogP contribution in [0, 0.1) is 0 Å². The highest BCUT2D eigenvalue weighted by Gasteiger charge is 2.10. The predicted octanol–water partition coefficient (Wildman–Crippen LogP) is 4.21. The van der Waals surface area contributed by atoms with Crippen molar-refractivity contribution in [3.05, 3.63) is 48.0 Å². The Bertz CT molecular complexity index is 904. The van der Waals surface area contributed by atoms with E-state index in [0.717, 1.165) is 23.2 Å². The molecular weight excluding hydrogens is 344 g/mol. The van der Waals surface area contributed by atoms with E-state index < -0.39 is 0 Å². The molecule has 3 rings (SSSR count). The number of rotatable bonds is 6. The molecule has 3 aromatic rings. The van der Waals surface area contributed by atoms with Crippen molar-refractivity contribution in [2.75, 3.05) is 32.5 Å². The average Bonchev–Trinajstić information content (AvgIpc) is 3.02. The summed E-state index contributed by atoms with van der Waals surface area (Å²) < 4.78 is 1.07. The molecule has 0 radical (unpaired) electrons. The standard InChI is InChI=1S/C20H24N4OS/c1-4-14-7-5-6-8-16(14)15-9-10-17-18(13-15)26-20(22-17)23-19(25)21-11-12-24(2)3/h5-10,13H,4,11-12H2,1-3H3,(H2,21,22,23,25). The van der Waals surface area contributed by atoms with E-state index in [1.54, 1.807) is 0 Å². The molecule has 2 aromatic carbocycles. The molecule has 0 unspecified atom stereocenters. The van der Waals surface area contributed by atoms with Gasteiger partial charge in [-0.3, -0.25) is 5.32 Å². The molecule has 6 heteroatoms. The lowest BCUT2D eigenvalue weighted by Crippen LogP contribution is -2.34. The SMILES string of the molecule is CCc1ccccc1-c1ccc2nc(NC(=O)NCCN(C)C)sc2c1. The molecule has 26 heavy (non-hydrogen) atoms. The predicted molar refractivity (Wildman–Crippen MR) is 110 cm³/mol. The Hall–Kier alpha value is -2.44. The zero-order valence-corrected chi connectivity index (χ0v) is 16.2. The molecule has 1 aromatic heterocycles. The Morgan fingerprint density at radius 3 is 2.77 bits per heavy atom. The van der Waals surface area contributed by atoms with E-state index in [0.29, 0.717) is 11.7 Å². The first-order valence-corrected chi connectivity index (χ1v) is 9.57. The van der Waals surface area contributed by atoms with Crippen LogP contribution in [0.1, 0.15) is 12.5 Å². The number of aromatic nitrogens is 1. The molecule has 5 nitrogen and oxygen atoms in total. The maximum absolute atomic E-state index is 12.0. The molecule has 136 valence electrons. The van der Waals surface area contributed by atoms with E-state index in [1.165, 1.54) is 28.0 Å². The summed E-state index contributed by atoms with van der Waals surface area (Å²) in [6, 6.07) is 14.5. The molecule has 0 bridgehead atoms. The molecule has 0 atom stereocenters. The minimum atomic E-state index is -0.220. The highest BCUT2D eigenvalue weighted by Crippen LogP contribution is 2.32. The van der Waals surface area contributed by atoms with Crippen LogP contribution in [-0.4, -0.2) is 43.1 Å². The second kappa shape index (κ2) is 8.29. The number of fused-ring (bicyclic) bond motifs is 1. The Morgan fingerprint density at radius 1 is 1.19 bits per heavy atom. The molecular formula is C20H24N4OS. The number of carbonyl (C=O) groups excluding carboxylic acids is 1. The van der Waals surface area contributed by atoms with Gasteiger partial charge in [-0.1, -0.05) is 48.6 Å². The first kappa shape index (κ1) is 18.4. The number of amides is 2. The second-order valence-corrected chi connectivity index (χ2v) is 7.43. The molecule has 0 spiro atoms. The van der Waals surface area contributed by atoms with Gasteiger partial charge in [0.25, 0.3) is 0 Å². The van der Waals surface area contributed by atoms with Crippen LogP contribution >= 0.6 is 11.3 Å². The molecule has 2 N–H and O–H groups in total. The number of thiazole rings is 1. The van der Waals surface area contributed by atoms with Crippen LogP contribution in [0.4, 0.5) is 9.93 Å². The third-order valence-corrected chi connectivity index (χ3v) is 5.10. The molecule has 0 aliphatic heterocycles. The smallest absolute Gasteiger partial charge is 0.321 e. The molecule has 2 amide bonds. The number of nitrogens with zero attached hydrogens (tertiary/aromatic N) is 2. The highest BCUT2D eigenvalue weighted by molar-refractivity contribution is 7.22. The first-order chi connectivity index (χ1) is 12.6. The van der Waals surface area contributed by atoms with Crippen LogP contribution < -0.4 is 10.6 Å². The van der Waals surface area contributed by atoms with Gasteiger partial charge in [-0.15, -0.1) is 0 Å². The fraction of sp³-hybridized carbons (Fsp3) is 0.300. The van der Waals surface area contributed by atoms with Crippen LogP contribution in [0.3, 0.4) is 0 Å². The summed E-state index contributed by atoms with van der Waals surface area (Å²) in [6.07, 6.45) is 0.997. The number of nitrogens with one attached hydrogen (secondary N) is 2. The van der Waals surface area contributed by atoms with Crippen molar-refractivity contribution in [3.63, 3.8) is 0 Å². The van der Waals surface area contributed by atoms with Crippen LogP contribution in [0.2, 0.25) is 0 Å². The van der Waals surface area contributed by atoms with E-state index in [4.69, 9.17) is 0 Å². The molecule has 0 fully saturated rings. The minimum absolute atomic E-state index is 0.220.